The van der Waals surface area contributed by atoms with Gasteiger partial charge in [-0.25, -0.2) is 5.06 Å². The smallest absolute Gasteiger partial charge is 0.269 e. The lowest BCUT2D eigenvalue weighted by Gasteiger charge is -2.27. The topological polar surface area (TPSA) is 66.6 Å². The summed E-state index contributed by atoms with van der Waals surface area (Å²) in [7, 11) is 0. The molecule has 0 saturated heterocycles. The van der Waals surface area contributed by atoms with Crippen LogP contribution in [-0.2, 0) is 0 Å². The van der Waals surface area contributed by atoms with Crippen molar-refractivity contribution in [2.75, 3.05) is 5.06 Å². The molecule has 1 unspecified atom stereocenters. The fourth-order valence-electron chi connectivity index (χ4n) is 1.55. The largest absolute Gasteiger partial charge is 0.288 e. The van der Waals surface area contributed by atoms with Crippen molar-refractivity contribution in [2.24, 2.45) is 0 Å². The molecule has 5 heteroatoms. The van der Waals surface area contributed by atoms with Gasteiger partial charge in [0.05, 0.1) is 19.4 Å². The molecule has 0 aliphatic rings. The Hall–Kier alpha value is -1.88. The first kappa shape index (κ1) is 9.18. The van der Waals surface area contributed by atoms with Gasteiger partial charge in [-0.2, -0.15) is 0 Å². The number of anilines is 1. The molecule has 0 bridgehead atoms. The summed E-state index contributed by atoms with van der Waals surface area (Å²) < 4.78 is 21.9. The summed E-state index contributed by atoms with van der Waals surface area (Å²) in [5.41, 5.74) is 0.858. The molecule has 1 aromatic carbocycles. The van der Waals surface area contributed by atoms with Crippen molar-refractivity contribution in [3.63, 3.8) is 0 Å². The van der Waals surface area contributed by atoms with E-state index in [2.05, 4.69) is 5.21 Å². The van der Waals surface area contributed by atoms with Crippen LogP contribution in [0.2, 0.25) is 1.43 Å². The van der Waals surface area contributed by atoms with Gasteiger partial charge in [-0.05, 0) is 25.5 Å². The van der Waals surface area contributed by atoms with Crippen LogP contribution < -0.4 is 5.06 Å². The Morgan fingerprint density at radius 3 is 2.76 bits per heavy atom. The van der Waals surface area contributed by atoms with Crippen molar-refractivity contribution in [3.8, 4) is 0 Å². The number of nitro groups is 1. The molecule has 0 amide bonds. The Bertz CT molecular complexity index is 501. The van der Waals surface area contributed by atoms with E-state index in [0.29, 0.717) is 17.7 Å². The minimum atomic E-state index is -0.510. The molecule has 1 aromatic rings. The Labute approximate surface area is 104 Å². The van der Waals surface area contributed by atoms with Gasteiger partial charge in [-0.3, -0.25) is 15.3 Å². The molecule has 0 heterocycles. The Balaban J connectivity index is 3.11. The second-order valence-corrected chi connectivity index (χ2v) is 3.71. The zero-order chi connectivity index (χ0) is 15.3. The van der Waals surface area contributed by atoms with E-state index >= 15 is 0 Å². The van der Waals surface area contributed by atoms with Gasteiger partial charge < -0.3 is 0 Å². The van der Waals surface area contributed by atoms with Crippen LogP contribution in [0.5, 0.6) is 0 Å². The Kier molecular flexibility index (Phi) is 2.94. The van der Waals surface area contributed by atoms with Crippen molar-refractivity contribution in [2.45, 2.75) is 26.3 Å². The van der Waals surface area contributed by atoms with E-state index in [9.17, 15) is 10.1 Å². The molecule has 1 atom stereocenters. The lowest BCUT2D eigenvalue weighted by Crippen LogP contribution is -2.32. The third kappa shape index (κ3) is 3.04. The van der Waals surface area contributed by atoms with Gasteiger partial charge >= 0.3 is 0 Å². The Morgan fingerprint density at radius 2 is 2.35 bits per heavy atom. The molecule has 5 nitrogen and oxygen atoms in total. The van der Waals surface area contributed by atoms with Crippen molar-refractivity contribution < 1.29 is 14.3 Å². The van der Waals surface area contributed by atoms with Gasteiger partial charge in [0, 0.05) is 12.1 Å². The minimum absolute atomic E-state index is 0.0549. The first-order valence-electron chi connectivity index (χ1n) is 6.64. The molecule has 17 heavy (non-hydrogen) atoms. The lowest BCUT2D eigenvalue weighted by atomic mass is 10.1. The van der Waals surface area contributed by atoms with E-state index in [-0.39, 0.29) is 12.2 Å². The summed E-state index contributed by atoms with van der Waals surface area (Å²) in [6, 6.07) is 5.12. The molecular formula is C12H16N2O3. The van der Waals surface area contributed by atoms with Crippen molar-refractivity contribution in [3.05, 3.63) is 46.5 Å². The van der Waals surface area contributed by atoms with E-state index in [1.807, 2.05) is 6.92 Å². The monoisotopic (exact) mass is 239 g/mol. The predicted molar refractivity (Wildman–Crippen MR) is 66.3 cm³/mol. The predicted octanol–water partition coefficient (Wildman–Crippen LogP) is 3.15. The maximum Gasteiger partial charge on any atom is 0.269 e. The van der Waals surface area contributed by atoms with Crippen molar-refractivity contribution in [1.29, 1.82) is 0 Å². The molecule has 0 aliphatic heterocycles. The quantitative estimate of drug-likeness (QED) is 0.470. The molecule has 0 fully saturated rings. The van der Waals surface area contributed by atoms with E-state index in [1.54, 1.807) is 6.92 Å². The number of nitrogens with zero attached hydrogens (tertiary/aromatic N) is 2. The summed E-state index contributed by atoms with van der Waals surface area (Å²) in [5, 5.41) is 16.4. The van der Waals surface area contributed by atoms with Gasteiger partial charge in [-0.15, -0.1) is 0 Å². The minimum Gasteiger partial charge on any atom is -0.288 e. The summed E-state index contributed by atoms with van der Waals surface area (Å²) in [6.45, 7) is 3.14. The highest BCUT2D eigenvalue weighted by Crippen LogP contribution is 2.22. The summed E-state index contributed by atoms with van der Waals surface area (Å²) in [4.78, 5) is 10.1. The highest BCUT2D eigenvalue weighted by atomic mass is 16.6. The average molecular weight is 239 g/mol. The molecule has 0 aromatic heterocycles. The van der Waals surface area contributed by atoms with Crippen LogP contribution in [0.3, 0.4) is 0 Å². The molecule has 92 valence electrons. The molecule has 0 saturated carbocycles. The molecular weight excluding hydrogens is 220 g/mol. The van der Waals surface area contributed by atoms with Crippen LogP contribution in [0.15, 0.2) is 36.4 Å². The SMILES string of the molecule is [2H]ON(c1ccc([N+](=O)[O-])cc1)C(CC)C(C)=C([2H])[2H]. The summed E-state index contributed by atoms with van der Waals surface area (Å²) >= 11 is 0. The molecule has 1 rings (SSSR count). The molecule has 0 radical (unpaired) electrons. The fraction of sp³-hybridized carbons (Fsp3) is 0.333. The van der Waals surface area contributed by atoms with Gasteiger partial charge in [-0.1, -0.05) is 19.0 Å². The van der Waals surface area contributed by atoms with Crippen molar-refractivity contribution in [1.82, 2.24) is 0 Å². The fourth-order valence-corrected chi connectivity index (χ4v) is 1.55. The number of nitro benzene ring substituents is 1. The van der Waals surface area contributed by atoms with E-state index in [1.165, 1.54) is 29.3 Å². The van der Waals surface area contributed by atoms with Gasteiger partial charge in [0.15, 0.2) is 0 Å². The number of hydrogen-bond acceptors (Lipinski definition) is 4. The van der Waals surface area contributed by atoms with Crippen molar-refractivity contribution >= 4 is 11.4 Å². The number of benzene rings is 1. The normalized spacial score (nSPS) is 14.1. The number of rotatable bonds is 6. The number of hydroxylamine groups is 1. The molecule has 0 aliphatic carbocycles. The van der Waals surface area contributed by atoms with Crippen LogP contribution >= 0.6 is 0 Å². The second kappa shape index (κ2) is 5.45. The number of non-ortho nitro benzene ring substituents is 1. The van der Waals surface area contributed by atoms with Crippen LogP contribution in [0, 0.1) is 10.1 Å². The van der Waals surface area contributed by atoms with Gasteiger partial charge in [0.2, 0.25) is 1.43 Å². The zero-order valence-corrected chi connectivity index (χ0v) is 9.71. The lowest BCUT2D eigenvalue weighted by molar-refractivity contribution is -0.384. The standard InChI is InChI=1S/C12H16N2O3/c1-4-12(9(2)3)13(15)10-5-7-11(8-6-10)14(16)17/h5-8,12,15H,2,4H2,1,3H3/i2D2,15D. The maximum atomic E-state index is 10.6. The third-order valence-corrected chi connectivity index (χ3v) is 2.48. The first-order chi connectivity index (χ1) is 9.42. The zero-order valence-electron chi connectivity index (χ0n) is 12.7. The van der Waals surface area contributed by atoms with Gasteiger partial charge in [0.25, 0.3) is 5.69 Å². The average Bonchev–Trinajstić information content (AvgIpc) is 2.43. The molecule has 1 N–H and O–H groups in total. The van der Waals surface area contributed by atoms with E-state index < -0.39 is 11.0 Å². The second-order valence-electron chi connectivity index (χ2n) is 3.71. The van der Waals surface area contributed by atoms with E-state index in [0.717, 1.165) is 0 Å². The van der Waals surface area contributed by atoms with Crippen LogP contribution in [0.1, 0.15) is 23.0 Å². The Morgan fingerprint density at radius 1 is 1.71 bits per heavy atom. The van der Waals surface area contributed by atoms with Crippen LogP contribution in [0.25, 0.3) is 0 Å². The van der Waals surface area contributed by atoms with Gasteiger partial charge in [0.1, 0.15) is 0 Å². The summed E-state index contributed by atoms with van der Waals surface area (Å²) in [6.07, 6.45) is 0.531. The highest BCUT2D eigenvalue weighted by Gasteiger charge is 2.16. The third-order valence-electron chi connectivity index (χ3n) is 2.48. The first-order valence-corrected chi connectivity index (χ1v) is 5.23. The van der Waals surface area contributed by atoms with Crippen LogP contribution in [-0.4, -0.2) is 16.2 Å². The maximum absolute atomic E-state index is 10.6. The number of hydrogen-bond donors (Lipinski definition) is 1. The van der Waals surface area contributed by atoms with Crippen LogP contribution in [0.4, 0.5) is 11.4 Å². The summed E-state index contributed by atoms with van der Waals surface area (Å²) in [5.74, 6) is 0. The van der Waals surface area contributed by atoms with E-state index in [4.69, 9.17) is 4.17 Å². The molecule has 0 spiro atoms. The highest BCUT2D eigenvalue weighted by molar-refractivity contribution is 5.50.